The molecular formula is C41H44Cl2N6O5. The molecule has 1 fully saturated rings. The van der Waals surface area contributed by atoms with E-state index >= 15 is 0 Å². The van der Waals surface area contributed by atoms with Crippen LogP contribution in [0.25, 0.3) is 11.1 Å². The fourth-order valence-electron chi connectivity index (χ4n) is 6.40. The third-order valence-electron chi connectivity index (χ3n) is 9.65. The highest BCUT2D eigenvalue weighted by atomic mass is 35.5. The molecule has 0 atom stereocenters. The maximum absolute atomic E-state index is 10.3. The van der Waals surface area contributed by atoms with Gasteiger partial charge in [-0.25, -0.2) is 4.98 Å². The second-order valence-electron chi connectivity index (χ2n) is 13.5. The largest absolute Gasteiger partial charge is 0.492 e. The van der Waals surface area contributed by atoms with Crippen LogP contribution in [-0.4, -0.2) is 68.5 Å². The van der Waals surface area contributed by atoms with E-state index in [0.29, 0.717) is 65.4 Å². The lowest BCUT2D eigenvalue weighted by Gasteiger charge is -2.36. The lowest BCUT2D eigenvalue weighted by molar-refractivity contribution is -0.0596. The molecule has 6 rings (SSSR count). The van der Waals surface area contributed by atoms with Crippen molar-refractivity contribution in [1.29, 1.82) is 5.26 Å². The Morgan fingerprint density at radius 3 is 2.52 bits per heavy atom. The summed E-state index contributed by atoms with van der Waals surface area (Å²) in [4.78, 5) is 13.7. The van der Waals surface area contributed by atoms with Gasteiger partial charge in [0.2, 0.25) is 0 Å². The molecule has 0 saturated carbocycles. The Balaban J connectivity index is 1.12. The molecule has 0 amide bonds. The molecule has 0 radical (unpaired) electrons. The molecule has 11 nitrogen and oxygen atoms in total. The summed E-state index contributed by atoms with van der Waals surface area (Å²) in [6.07, 6.45) is 8.61. The maximum atomic E-state index is 10.3. The van der Waals surface area contributed by atoms with Gasteiger partial charge in [-0.3, -0.25) is 4.98 Å². The molecular weight excluding hydrogens is 727 g/mol. The second-order valence-corrected chi connectivity index (χ2v) is 14.2. The first-order chi connectivity index (χ1) is 26.2. The first kappa shape index (κ1) is 39.0. The topological polar surface area (TPSA) is 149 Å². The molecule has 3 heterocycles. The minimum absolute atomic E-state index is 0.194. The van der Waals surface area contributed by atoms with Crippen LogP contribution in [0.4, 0.5) is 0 Å². The second kappa shape index (κ2) is 18.6. The molecule has 4 N–H and O–H groups in total. The third kappa shape index (κ3) is 10.1. The summed E-state index contributed by atoms with van der Waals surface area (Å²) in [5.41, 5.74) is 5.80. The van der Waals surface area contributed by atoms with Crippen molar-refractivity contribution in [2.75, 3.05) is 32.8 Å². The number of H-pyrrole nitrogens is 1. The van der Waals surface area contributed by atoms with Gasteiger partial charge in [0.25, 0.3) is 0 Å². The molecule has 0 unspecified atom stereocenters. The van der Waals surface area contributed by atoms with Gasteiger partial charge in [0.1, 0.15) is 36.5 Å². The number of imidazole rings is 1. The van der Waals surface area contributed by atoms with E-state index in [1.54, 1.807) is 24.7 Å². The number of nitrogens with one attached hydrogen (secondary N) is 2. The number of ether oxygens (including phenoxy) is 3. The summed E-state index contributed by atoms with van der Waals surface area (Å²) in [5, 5.41) is 33.4. The zero-order chi connectivity index (χ0) is 37.9. The number of halogens is 2. The van der Waals surface area contributed by atoms with Crippen LogP contribution in [0.15, 0.2) is 79.5 Å². The van der Waals surface area contributed by atoms with Crippen molar-refractivity contribution in [1.82, 2.24) is 25.2 Å². The van der Waals surface area contributed by atoms with E-state index in [1.165, 1.54) is 6.20 Å². The number of aliphatic hydroxyl groups is 2. The number of aliphatic hydroxyl groups excluding tert-OH is 1. The minimum Gasteiger partial charge on any atom is -0.492 e. The number of nitrogens with zero attached hydrogens (tertiary/aromatic N) is 4. The number of pyridine rings is 1. The van der Waals surface area contributed by atoms with Gasteiger partial charge in [0, 0.05) is 74.1 Å². The van der Waals surface area contributed by atoms with Gasteiger partial charge in [-0.15, -0.1) is 0 Å². The minimum atomic E-state index is -0.953. The zero-order valence-corrected chi connectivity index (χ0v) is 31.7. The molecule has 282 valence electrons. The molecule has 13 heteroatoms. The van der Waals surface area contributed by atoms with Crippen molar-refractivity contribution in [3.8, 4) is 34.4 Å². The Labute approximate surface area is 325 Å². The molecule has 3 aromatic carbocycles. The van der Waals surface area contributed by atoms with Crippen molar-refractivity contribution in [3.63, 3.8) is 0 Å². The van der Waals surface area contributed by atoms with Crippen LogP contribution in [0.2, 0.25) is 10.0 Å². The first-order valence-electron chi connectivity index (χ1n) is 17.9. The fraction of sp³-hybridized carbons (Fsp3) is 0.341. The predicted molar refractivity (Wildman–Crippen MR) is 208 cm³/mol. The smallest absolute Gasteiger partial charge is 0.142 e. The van der Waals surface area contributed by atoms with E-state index in [2.05, 4.69) is 31.2 Å². The van der Waals surface area contributed by atoms with Gasteiger partial charge in [0.05, 0.1) is 46.4 Å². The number of piperidine rings is 1. The van der Waals surface area contributed by atoms with Crippen LogP contribution in [0.3, 0.4) is 0 Å². The first-order valence-corrected chi connectivity index (χ1v) is 18.7. The molecule has 2 aromatic heterocycles. The number of hydrogen-bond donors (Lipinski definition) is 4. The van der Waals surface area contributed by atoms with Gasteiger partial charge < -0.3 is 39.6 Å². The summed E-state index contributed by atoms with van der Waals surface area (Å²) >= 11 is 13.7. The lowest BCUT2D eigenvalue weighted by Crippen LogP contribution is -2.46. The van der Waals surface area contributed by atoms with Crippen LogP contribution >= 0.6 is 23.2 Å². The van der Waals surface area contributed by atoms with Crippen LogP contribution in [0, 0.1) is 18.3 Å². The normalized spacial score (nSPS) is 14.1. The number of aromatic amines is 1. The van der Waals surface area contributed by atoms with Gasteiger partial charge in [-0.05, 0) is 61.1 Å². The van der Waals surface area contributed by atoms with Crippen molar-refractivity contribution in [2.45, 2.75) is 58.1 Å². The van der Waals surface area contributed by atoms with E-state index < -0.39 is 5.60 Å². The molecule has 0 aliphatic carbocycles. The summed E-state index contributed by atoms with van der Waals surface area (Å²) in [7, 11) is 0. The van der Waals surface area contributed by atoms with Crippen molar-refractivity contribution in [2.24, 2.45) is 0 Å². The van der Waals surface area contributed by atoms with E-state index in [0.717, 1.165) is 65.1 Å². The van der Waals surface area contributed by atoms with Gasteiger partial charge in [-0.2, -0.15) is 5.26 Å². The fourth-order valence-corrected chi connectivity index (χ4v) is 6.92. The molecule has 54 heavy (non-hydrogen) atoms. The molecule has 0 bridgehead atoms. The van der Waals surface area contributed by atoms with Crippen LogP contribution in [0.5, 0.6) is 17.2 Å². The number of nitriles is 1. The van der Waals surface area contributed by atoms with Crippen molar-refractivity contribution < 1.29 is 24.4 Å². The number of rotatable bonds is 17. The van der Waals surface area contributed by atoms with Crippen LogP contribution < -0.4 is 19.5 Å². The Kier molecular flexibility index (Phi) is 13.4. The Morgan fingerprint density at radius 1 is 0.944 bits per heavy atom. The number of aromatic nitrogens is 3. The monoisotopic (exact) mass is 770 g/mol. The SMILES string of the molecule is Cc1c(COc2cc(OCc3cncc(C#N)c3)c(CNCc3c[nH]cn3)cc2Cl)cccc1-c1cccc(OCCCN2CCC(O)(CO)CC2)c1Cl. The standard InChI is InChI=1S/C41H44Cl2N6O5/c1-28-31(5-2-6-34(28)35-7-3-8-37(40(35)43)52-14-4-11-49-12-9-41(51,26-50)10-13-49)25-54-39-17-38(53-24-30-15-29(18-44)19-45-20-30)32(16-36(39)42)21-46-22-33-23-47-27-48-33/h2-3,5-8,15-17,19-20,23,27,46,50-51H,4,9-14,21-22,24-26H2,1H3,(H,47,48). The Morgan fingerprint density at radius 2 is 1.74 bits per heavy atom. The van der Waals surface area contributed by atoms with E-state index in [-0.39, 0.29) is 19.8 Å². The summed E-state index contributed by atoms with van der Waals surface area (Å²) in [6, 6.07) is 19.3. The Bertz CT molecular complexity index is 2050. The van der Waals surface area contributed by atoms with Crippen molar-refractivity contribution >= 4 is 23.2 Å². The predicted octanol–water partition coefficient (Wildman–Crippen LogP) is 6.99. The summed E-state index contributed by atoms with van der Waals surface area (Å²) in [6.45, 7) is 6.18. The average Bonchev–Trinajstić information content (AvgIpc) is 3.71. The van der Waals surface area contributed by atoms with Crippen LogP contribution in [-0.2, 0) is 26.3 Å². The van der Waals surface area contributed by atoms with E-state index in [4.69, 9.17) is 37.4 Å². The molecule has 0 spiro atoms. The average molecular weight is 772 g/mol. The molecule has 1 saturated heterocycles. The highest BCUT2D eigenvalue weighted by Crippen LogP contribution is 2.39. The van der Waals surface area contributed by atoms with Crippen LogP contribution in [0.1, 0.15) is 52.8 Å². The van der Waals surface area contributed by atoms with Gasteiger partial charge in [0.15, 0.2) is 0 Å². The summed E-state index contributed by atoms with van der Waals surface area (Å²) in [5.74, 6) is 1.68. The lowest BCUT2D eigenvalue weighted by atomic mass is 9.92. The molecule has 1 aliphatic rings. The number of hydrogen-bond acceptors (Lipinski definition) is 10. The maximum Gasteiger partial charge on any atom is 0.142 e. The summed E-state index contributed by atoms with van der Waals surface area (Å²) < 4.78 is 18.7. The Hall–Kier alpha value is -4.67. The van der Waals surface area contributed by atoms with Gasteiger partial charge in [-0.1, -0.05) is 53.5 Å². The molecule has 5 aromatic rings. The van der Waals surface area contributed by atoms with Crippen molar-refractivity contribution in [3.05, 3.63) is 123 Å². The quantitative estimate of drug-likeness (QED) is 0.0729. The number of likely N-dealkylation sites (tertiary alicyclic amines) is 1. The van der Waals surface area contributed by atoms with E-state index in [9.17, 15) is 15.5 Å². The highest BCUT2D eigenvalue weighted by molar-refractivity contribution is 6.35. The molecule has 1 aliphatic heterocycles. The van der Waals surface area contributed by atoms with Gasteiger partial charge >= 0.3 is 0 Å². The van der Waals surface area contributed by atoms with E-state index in [1.807, 2.05) is 55.6 Å². The zero-order valence-electron chi connectivity index (χ0n) is 30.2. The number of benzene rings is 3. The highest BCUT2D eigenvalue weighted by Gasteiger charge is 2.31. The third-order valence-corrected chi connectivity index (χ3v) is 10.3.